The van der Waals surface area contributed by atoms with Gasteiger partial charge in [-0.1, -0.05) is 0 Å². The van der Waals surface area contributed by atoms with Crippen LogP contribution in [0.1, 0.15) is 20.8 Å². The van der Waals surface area contributed by atoms with Gasteiger partial charge in [-0.05, 0) is 26.2 Å². The molecule has 2 aliphatic heterocycles. The Kier molecular flexibility index (Phi) is 4.49. The highest BCUT2D eigenvalue weighted by Crippen LogP contribution is 2.40. The quantitative estimate of drug-likeness (QED) is 0.433. The molecular formula is C13H15N3O6S. The van der Waals surface area contributed by atoms with Crippen molar-refractivity contribution >= 4 is 35.8 Å². The number of hydrogen-bond donors (Lipinski definition) is 2. The van der Waals surface area contributed by atoms with Crippen LogP contribution in [-0.2, 0) is 19.1 Å². The number of carboxylic acid groups (broad SMARTS) is 1. The number of amides is 2. The van der Waals surface area contributed by atoms with Gasteiger partial charge in [0.25, 0.3) is 0 Å². The molecule has 0 aromatic heterocycles. The van der Waals surface area contributed by atoms with Crippen molar-refractivity contribution in [3.63, 3.8) is 0 Å². The van der Waals surface area contributed by atoms with Gasteiger partial charge in [0, 0.05) is 0 Å². The number of rotatable bonds is 3. The number of alkyl carbamates (subject to hydrolysis) is 1. The first-order chi connectivity index (χ1) is 10.7. The van der Waals surface area contributed by atoms with Crippen molar-refractivity contribution in [1.82, 2.24) is 10.2 Å². The third-order valence-electron chi connectivity index (χ3n) is 3.05. The van der Waals surface area contributed by atoms with E-state index in [9.17, 15) is 24.3 Å². The summed E-state index contributed by atoms with van der Waals surface area (Å²) in [7, 11) is 0. The summed E-state index contributed by atoms with van der Waals surface area (Å²) in [5.74, 6) is -1.89. The molecule has 2 aliphatic rings. The zero-order valence-corrected chi connectivity index (χ0v) is 13.4. The summed E-state index contributed by atoms with van der Waals surface area (Å²) in [6.45, 7) is 5.05. The van der Waals surface area contributed by atoms with Gasteiger partial charge in [0.15, 0.2) is 6.04 Å². The van der Waals surface area contributed by atoms with Gasteiger partial charge in [-0.25, -0.2) is 14.4 Å². The van der Waals surface area contributed by atoms with Crippen LogP contribution < -0.4 is 5.32 Å². The van der Waals surface area contributed by atoms with Gasteiger partial charge in [-0.3, -0.25) is 4.79 Å². The Hall–Kier alpha value is -2.32. The van der Waals surface area contributed by atoms with E-state index < -0.39 is 41.0 Å². The maximum absolute atomic E-state index is 12.2. The molecule has 0 aromatic rings. The van der Waals surface area contributed by atoms with E-state index in [0.717, 1.165) is 16.7 Å². The zero-order valence-electron chi connectivity index (χ0n) is 12.6. The monoisotopic (exact) mass is 341 g/mol. The molecule has 0 radical (unpaired) electrons. The number of isocyanates is 1. The molecule has 2 rings (SSSR count). The Labute approximate surface area is 135 Å². The molecule has 2 amide bonds. The van der Waals surface area contributed by atoms with Crippen LogP contribution in [0.2, 0.25) is 0 Å². The van der Waals surface area contributed by atoms with Crippen LogP contribution in [-0.4, -0.2) is 57.1 Å². The lowest BCUT2D eigenvalue weighted by Gasteiger charge is -2.50. The fourth-order valence-electron chi connectivity index (χ4n) is 2.20. The van der Waals surface area contributed by atoms with E-state index in [1.54, 1.807) is 20.8 Å². The van der Waals surface area contributed by atoms with E-state index in [2.05, 4.69) is 10.3 Å². The van der Waals surface area contributed by atoms with E-state index in [4.69, 9.17) is 4.74 Å². The Morgan fingerprint density at radius 2 is 2.13 bits per heavy atom. The summed E-state index contributed by atoms with van der Waals surface area (Å²) in [5, 5.41) is 12.5. The SMILES string of the molecule is CC(C)(C)OC(=O)NC1C(=O)N2C(C(=O)O)C(N=C=O)=CS[C@H]12. The molecule has 2 heterocycles. The third-order valence-corrected chi connectivity index (χ3v) is 4.20. The minimum Gasteiger partial charge on any atom is -0.479 e. The van der Waals surface area contributed by atoms with Gasteiger partial charge >= 0.3 is 12.1 Å². The van der Waals surface area contributed by atoms with Crippen molar-refractivity contribution in [2.24, 2.45) is 4.99 Å². The second-order valence-corrected chi connectivity index (χ2v) is 6.87. The van der Waals surface area contributed by atoms with E-state index >= 15 is 0 Å². The first-order valence-corrected chi connectivity index (χ1v) is 7.58. The van der Waals surface area contributed by atoms with Gasteiger partial charge < -0.3 is 20.1 Å². The summed E-state index contributed by atoms with van der Waals surface area (Å²) in [5.41, 5.74) is -0.788. The van der Waals surface area contributed by atoms with Crippen molar-refractivity contribution in [3.05, 3.63) is 11.1 Å². The number of ether oxygens (including phenoxy) is 1. The largest absolute Gasteiger partial charge is 0.479 e. The van der Waals surface area contributed by atoms with Crippen molar-refractivity contribution < 1.29 is 29.0 Å². The highest BCUT2D eigenvalue weighted by atomic mass is 32.2. The lowest BCUT2D eigenvalue weighted by atomic mass is 10.0. The smallest absolute Gasteiger partial charge is 0.408 e. The molecule has 10 heteroatoms. The lowest BCUT2D eigenvalue weighted by molar-refractivity contribution is -0.159. The first-order valence-electron chi connectivity index (χ1n) is 6.63. The summed E-state index contributed by atoms with van der Waals surface area (Å²) in [4.78, 5) is 50.0. The van der Waals surface area contributed by atoms with Crippen LogP contribution in [0.25, 0.3) is 0 Å². The molecule has 3 atom stereocenters. The molecular weight excluding hydrogens is 326 g/mol. The van der Waals surface area contributed by atoms with Crippen molar-refractivity contribution in [2.45, 2.75) is 43.8 Å². The normalized spacial score (nSPS) is 26.2. The number of nitrogens with one attached hydrogen (secondary N) is 1. The lowest BCUT2D eigenvalue weighted by Crippen LogP contribution is -2.73. The van der Waals surface area contributed by atoms with Crippen LogP contribution in [0.3, 0.4) is 0 Å². The van der Waals surface area contributed by atoms with Crippen LogP contribution in [0, 0.1) is 0 Å². The fraction of sp³-hybridized carbons (Fsp3) is 0.538. The van der Waals surface area contributed by atoms with E-state index in [1.165, 1.54) is 11.5 Å². The molecule has 1 fully saturated rings. The molecule has 9 nitrogen and oxygen atoms in total. The van der Waals surface area contributed by atoms with Crippen LogP contribution in [0.15, 0.2) is 16.1 Å². The number of aliphatic imine (C=N–C) groups is 1. The molecule has 0 spiro atoms. The van der Waals surface area contributed by atoms with E-state index in [-0.39, 0.29) is 5.70 Å². The topological polar surface area (TPSA) is 125 Å². The number of carbonyl (C=O) groups excluding carboxylic acids is 3. The predicted octanol–water partition coefficient (Wildman–Crippen LogP) is 0.425. The number of β-lactam (4-membered cyclic amide) rings is 1. The van der Waals surface area contributed by atoms with Crippen LogP contribution in [0.4, 0.5) is 4.79 Å². The van der Waals surface area contributed by atoms with E-state index in [1.807, 2.05) is 0 Å². The number of fused-ring (bicyclic) bond motifs is 1. The number of nitrogens with zero attached hydrogens (tertiary/aromatic N) is 2. The minimum atomic E-state index is -1.37. The molecule has 1 saturated heterocycles. The predicted molar refractivity (Wildman–Crippen MR) is 79.0 cm³/mol. The first kappa shape index (κ1) is 17.0. The van der Waals surface area contributed by atoms with Gasteiger partial charge in [-0.2, -0.15) is 4.99 Å². The molecule has 0 aliphatic carbocycles. The molecule has 0 bridgehead atoms. The van der Waals surface area contributed by atoms with Gasteiger partial charge in [0.1, 0.15) is 17.0 Å². The number of carbonyl (C=O) groups is 3. The standard InChI is InChI=1S/C13H15N3O6S/c1-13(2,3)22-12(21)15-7-9(18)16-8(11(19)20)6(14-5-17)4-23-10(7)16/h4,7-8,10H,1-3H3,(H,15,21)(H,19,20)/t7?,8?,10-/m1/s1. The average Bonchev–Trinajstić information content (AvgIpc) is 2.42. The van der Waals surface area contributed by atoms with Crippen molar-refractivity contribution in [3.8, 4) is 0 Å². The highest BCUT2D eigenvalue weighted by molar-refractivity contribution is 8.02. The number of aliphatic carboxylic acids is 1. The fourth-order valence-corrected chi connectivity index (χ4v) is 3.36. The Morgan fingerprint density at radius 1 is 1.48 bits per heavy atom. The number of hydrogen-bond acceptors (Lipinski definition) is 7. The Balaban J connectivity index is 2.14. The Bertz CT molecular complexity index is 634. The molecule has 124 valence electrons. The van der Waals surface area contributed by atoms with Gasteiger partial charge in [-0.15, -0.1) is 11.8 Å². The number of carboxylic acids is 1. The second kappa shape index (κ2) is 6.05. The molecule has 0 saturated carbocycles. The third kappa shape index (κ3) is 3.38. The van der Waals surface area contributed by atoms with Crippen molar-refractivity contribution in [1.29, 1.82) is 0 Å². The maximum Gasteiger partial charge on any atom is 0.408 e. The van der Waals surface area contributed by atoms with E-state index in [0.29, 0.717) is 0 Å². The second-order valence-electron chi connectivity index (χ2n) is 5.88. The minimum absolute atomic E-state index is 0.0715. The Morgan fingerprint density at radius 3 is 2.65 bits per heavy atom. The molecule has 23 heavy (non-hydrogen) atoms. The molecule has 2 unspecified atom stereocenters. The summed E-state index contributed by atoms with van der Waals surface area (Å²) in [6, 6.07) is -2.26. The summed E-state index contributed by atoms with van der Waals surface area (Å²) in [6.07, 6.45) is 0.508. The average molecular weight is 341 g/mol. The van der Waals surface area contributed by atoms with Crippen LogP contribution in [0.5, 0.6) is 0 Å². The van der Waals surface area contributed by atoms with Gasteiger partial charge in [0.05, 0.1) is 5.70 Å². The number of thioether (sulfide) groups is 1. The zero-order chi connectivity index (χ0) is 17.4. The maximum atomic E-state index is 12.2. The summed E-state index contributed by atoms with van der Waals surface area (Å²) >= 11 is 1.09. The van der Waals surface area contributed by atoms with Crippen LogP contribution >= 0.6 is 11.8 Å². The molecule has 0 aromatic carbocycles. The molecule has 2 N–H and O–H groups in total. The van der Waals surface area contributed by atoms with Gasteiger partial charge in [0.2, 0.25) is 12.0 Å². The van der Waals surface area contributed by atoms with Crippen molar-refractivity contribution in [2.75, 3.05) is 0 Å². The summed E-state index contributed by atoms with van der Waals surface area (Å²) < 4.78 is 5.07. The highest BCUT2D eigenvalue weighted by Gasteiger charge is 2.56.